The third-order valence-electron chi connectivity index (χ3n) is 5.09. The number of halogens is 4. The molecule has 1 atom stereocenters. The van der Waals surface area contributed by atoms with Crippen molar-refractivity contribution >= 4 is 40.9 Å². The maximum atomic E-state index is 12.9. The molecule has 0 aliphatic heterocycles. The molecule has 0 radical (unpaired) electrons. The summed E-state index contributed by atoms with van der Waals surface area (Å²) in [6.45, 7) is 5.98. The lowest BCUT2D eigenvalue weighted by Gasteiger charge is -2.16. The lowest BCUT2D eigenvalue weighted by atomic mass is 10.1. The fourth-order valence-electron chi connectivity index (χ4n) is 3.30. The van der Waals surface area contributed by atoms with Gasteiger partial charge in [0.05, 0.1) is 28.1 Å². The smallest absolute Gasteiger partial charge is 0.342 e. The molecule has 0 saturated heterocycles. The van der Waals surface area contributed by atoms with Gasteiger partial charge in [0.2, 0.25) is 5.91 Å². The monoisotopic (exact) mass is 525 g/mol. The van der Waals surface area contributed by atoms with E-state index in [2.05, 4.69) is 20.8 Å². The first-order chi connectivity index (χ1) is 16.5. The molecule has 0 bridgehead atoms. The molecular formula is C23H23ClF3N5O2S. The number of anilines is 1. The lowest BCUT2D eigenvalue weighted by molar-refractivity contribution is -0.137. The Morgan fingerprint density at radius 1 is 1.17 bits per heavy atom. The number of aromatic nitrogens is 3. The summed E-state index contributed by atoms with van der Waals surface area (Å²) in [4.78, 5) is 25.0. The number of aryl methyl sites for hydroxylation is 1. The first kappa shape index (κ1) is 26.6. The second kappa shape index (κ2) is 11.1. The van der Waals surface area contributed by atoms with Crippen molar-refractivity contribution in [3.63, 3.8) is 0 Å². The topological polar surface area (TPSA) is 88.9 Å². The molecular weight excluding hydrogens is 503 g/mol. The number of hydrogen-bond donors (Lipinski definition) is 2. The van der Waals surface area contributed by atoms with Gasteiger partial charge in [-0.2, -0.15) is 13.2 Å². The van der Waals surface area contributed by atoms with Crippen LogP contribution in [0.5, 0.6) is 0 Å². The van der Waals surface area contributed by atoms with Crippen molar-refractivity contribution in [2.75, 3.05) is 11.1 Å². The van der Waals surface area contributed by atoms with Crippen LogP contribution in [0.25, 0.3) is 0 Å². The molecule has 1 aromatic heterocycles. The number of rotatable bonds is 8. The van der Waals surface area contributed by atoms with Gasteiger partial charge in [0.15, 0.2) is 11.0 Å². The summed E-state index contributed by atoms with van der Waals surface area (Å²) in [5.41, 5.74) is 0.359. The largest absolute Gasteiger partial charge is 0.416 e. The Labute approximate surface area is 209 Å². The van der Waals surface area contributed by atoms with Gasteiger partial charge in [0, 0.05) is 12.1 Å². The van der Waals surface area contributed by atoms with E-state index in [1.165, 1.54) is 0 Å². The zero-order valence-corrected chi connectivity index (χ0v) is 20.7. The van der Waals surface area contributed by atoms with Crippen molar-refractivity contribution < 1.29 is 22.8 Å². The fourth-order valence-corrected chi connectivity index (χ4v) is 4.28. The van der Waals surface area contributed by atoms with Crippen molar-refractivity contribution in [2.45, 2.75) is 44.7 Å². The number of carbonyl (C=O) groups is 2. The molecule has 0 aliphatic carbocycles. The second-order valence-corrected chi connectivity index (χ2v) is 8.97. The molecule has 3 aromatic rings. The summed E-state index contributed by atoms with van der Waals surface area (Å²) in [7, 11) is 0. The normalized spacial score (nSPS) is 12.3. The van der Waals surface area contributed by atoms with Crippen LogP contribution >= 0.6 is 23.4 Å². The maximum absolute atomic E-state index is 12.9. The SMILES string of the molecule is CCn1c(SCC(=O)Nc2cc(C(F)(F)F)ccc2Cl)nnc1C(C)NC(=O)c1ccccc1C. The Bertz CT molecular complexity index is 1230. The molecule has 0 aliphatic rings. The van der Waals surface area contributed by atoms with E-state index in [0.717, 1.165) is 35.5 Å². The summed E-state index contributed by atoms with van der Waals surface area (Å²) in [6, 6.07) is 9.48. The van der Waals surface area contributed by atoms with Gasteiger partial charge in [-0.05, 0) is 50.6 Å². The number of nitrogens with one attached hydrogen (secondary N) is 2. The van der Waals surface area contributed by atoms with E-state index in [0.29, 0.717) is 23.1 Å². The van der Waals surface area contributed by atoms with Crippen LogP contribution in [-0.2, 0) is 17.5 Å². The van der Waals surface area contributed by atoms with E-state index in [1.54, 1.807) is 23.6 Å². The highest BCUT2D eigenvalue weighted by molar-refractivity contribution is 7.99. The van der Waals surface area contributed by atoms with E-state index < -0.39 is 23.7 Å². The summed E-state index contributed by atoms with van der Waals surface area (Å²) >= 11 is 7.01. The molecule has 35 heavy (non-hydrogen) atoms. The predicted molar refractivity (Wildman–Crippen MR) is 129 cm³/mol. The van der Waals surface area contributed by atoms with Gasteiger partial charge < -0.3 is 15.2 Å². The zero-order chi connectivity index (χ0) is 25.8. The minimum absolute atomic E-state index is 0.00594. The number of benzene rings is 2. The molecule has 2 N–H and O–H groups in total. The van der Waals surface area contributed by atoms with Gasteiger partial charge in [-0.1, -0.05) is 41.6 Å². The number of nitrogens with zero attached hydrogens (tertiary/aromatic N) is 3. The predicted octanol–water partition coefficient (Wildman–Crippen LogP) is 5.50. The van der Waals surface area contributed by atoms with Crippen LogP contribution in [-0.4, -0.2) is 32.3 Å². The van der Waals surface area contributed by atoms with Crippen molar-refractivity contribution in [1.29, 1.82) is 0 Å². The van der Waals surface area contributed by atoms with Crippen LogP contribution in [0.4, 0.5) is 18.9 Å². The van der Waals surface area contributed by atoms with E-state index in [-0.39, 0.29) is 22.4 Å². The van der Waals surface area contributed by atoms with Gasteiger partial charge in [0.25, 0.3) is 5.91 Å². The molecule has 1 unspecified atom stereocenters. The van der Waals surface area contributed by atoms with Crippen LogP contribution in [0.2, 0.25) is 5.02 Å². The summed E-state index contributed by atoms with van der Waals surface area (Å²) in [5, 5.41) is 14.0. The Morgan fingerprint density at radius 2 is 1.89 bits per heavy atom. The van der Waals surface area contributed by atoms with Gasteiger partial charge in [-0.15, -0.1) is 10.2 Å². The average molecular weight is 526 g/mol. The highest BCUT2D eigenvalue weighted by atomic mass is 35.5. The Kier molecular flexibility index (Phi) is 8.44. The minimum Gasteiger partial charge on any atom is -0.342 e. The van der Waals surface area contributed by atoms with Crippen molar-refractivity contribution in [3.8, 4) is 0 Å². The van der Waals surface area contributed by atoms with Gasteiger partial charge in [-0.3, -0.25) is 9.59 Å². The first-order valence-corrected chi connectivity index (χ1v) is 12.0. The Hall–Kier alpha value is -3.05. The van der Waals surface area contributed by atoms with Gasteiger partial charge in [-0.25, -0.2) is 0 Å². The molecule has 0 spiro atoms. The standard InChI is InChI=1S/C23H23ClF3N5O2S/c1-4-32-20(14(3)28-21(34)16-8-6-5-7-13(16)2)30-31-22(32)35-12-19(33)29-18-11-15(23(25,26)27)9-10-17(18)24/h5-11,14H,4,12H2,1-3H3,(H,28,34)(H,29,33). The molecule has 1 heterocycles. The molecule has 0 saturated carbocycles. The van der Waals surface area contributed by atoms with Crippen molar-refractivity contribution in [3.05, 3.63) is 70.0 Å². The average Bonchev–Trinajstić information content (AvgIpc) is 3.21. The Morgan fingerprint density at radius 3 is 2.54 bits per heavy atom. The summed E-state index contributed by atoms with van der Waals surface area (Å²) in [6.07, 6.45) is -4.56. The highest BCUT2D eigenvalue weighted by Crippen LogP contribution is 2.34. The third kappa shape index (κ3) is 6.55. The Balaban J connectivity index is 1.66. The first-order valence-electron chi connectivity index (χ1n) is 10.6. The van der Waals surface area contributed by atoms with Crippen LogP contribution in [0.3, 0.4) is 0 Å². The zero-order valence-electron chi connectivity index (χ0n) is 19.1. The summed E-state index contributed by atoms with van der Waals surface area (Å²) in [5.74, 6) is -0.412. The van der Waals surface area contributed by atoms with Crippen LogP contribution in [0.15, 0.2) is 47.6 Å². The molecule has 12 heteroatoms. The van der Waals surface area contributed by atoms with Gasteiger partial charge >= 0.3 is 6.18 Å². The molecule has 2 aromatic carbocycles. The molecule has 2 amide bonds. The maximum Gasteiger partial charge on any atom is 0.416 e. The van der Waals surface area contributed by atoms with Crippen molar-refractivity contribution in [2.24, 2.45) is 0 Å². The number of thioether (sulfide) groups is 1. The van der Waals surface area contributed by atoms with E-state index in [9.17, 15) is 22.8 Å². The van der Waals surface area contributed by atoms with E-state index in [4.69, 9.17) is 11.6 Å². The van der Waals surface area contributed by atoms with E-state index >= 15 is 0 Å². The number of carbonyl (C=O) groups excluding carboxylic acids is 2. The molecule has 0 fully saturated rings. The van der Waals surface area contributed by atoms with Crippen LogP contribution < -0.4 is 10.6 Å². The third-order valence-corrected chi connectivity index (χ3v) is 6.38. The number of alkyl halides is 3. The summed E-state index contributed by atoms with van der Waals surface area (Å²) < 4.78 is 40.6. The quantitative estimate of drug-likeness (QED) is 0.379. The number of amides is 2. The molecule has 186 valence electrons. The van der Waals surface area contributed by atoms with Gasteiger partial charge in [0.1, 0.15) is 0 Å². The van der Waals surface area contributed by atoms with Crippen LogP contribution in [0, 0.1) is 6.92 Å². The van der Waals surface area contributed by atoms with Crippen molar-refractivity contribution in [1.82, 2.24) is 20.1 Å². The lowest BCUT2D eigenvalue weighted by Crippen LogP contribution is -2.29. The second-order valence-electron chi connectivity index (χ2n) is 7.62. The van der Waals surface area contributed by atoms with Crippen LogP contribution in [0.1, 0.15) is 47.2 Å². The number of hydrogen-bond acceptors (Lipinski definition) is 5. The molecule has 7 nitrogen and oxygen atoms in total. The minimum atomic E-state index is -4.56. The molecule has 3 rings (SSSR count). The fraction of sp³-hybridized carbons (Fsp3) is 0.304. The highest BCUT2D eigenvalue weighted by Gasteiger charge is 2.31. The van der Waals surface area contributed by atoms with E-state index in [1.807, 2.05) is 26.0 Å².